The number of hydrogen-bond donors (Lipinski definition) is 1. The van der Waals surface area contributed by atoms with Gasteiger partial charge in [-0.2, -0.15) is 10.4 Å². The van der Waals surface area contributed by atoms with Crippen LogP contribution in [0.1, 0.15) is 24.8 Å². The van der Waals surface area contributed by atoms with Gasteiger partial charge in [0, 0.05) is 0 Å². The normalized spacial score (nSPS) is 27.4. The van der Waals surface area contributed by atoms with E-state index in [0.29, 0.717) is 0 Å². The number of carbonyl (C=O) groups excluding carboxylic acids is 2. The van der Waals surface area contributed by atoms with Crippen molar-refractivity contribution in [2.24, 2.45) is 11.8 Å². The zero-order valence-electron chi connectivity index (χ0n) is 9.01. The van der Waals surface area contributed by atoms with E-state index in [1.807, 2.05) is 6.07 Å². The third-order valence-electron chi connectivity index (χ3n) is 3.55. The molecule has 1 aromatic rings. The van der Waals surface area contributed by atoms with Gasteiger partial charge >= 0.3 is 0 Å². The van der Waals surface area contributed by atoms with Crippen LogP contribution in [0, 0.1) is 23.2 Å². The lowest BCUT2D eigenvalue weighted by Gasteiger charge is -2.13. The van der Waals surface area contributed by atoms with Crippen molar-refractivity contribution in [2.75, 3.05) is 4.90 Å². The summed E-state index contributed by atoms with van der Waals surface area (Å²) in [6.07, 6.45) is 3.78. The molecule has 1 saturated carbocycles. The number of aromatic amines is 1. The van der Waals surface area contributed by atoms with Gasteiger partial charge in [0.05, 0.1) is 18.0 Å². The highest BCUT2D eigenvalue weighted by molar-refractivity contribution is 6.22. The third-order valence-corrected chi connectivity index (χ3v) is 3.55. The summed E-state index contributed by atoms with van der Waals surface area (Å²) >= 11 is 0. The van der Waals surface area contributed by atoms with E-state index in [4.69, 9.17) is 5.26 Å². The van der Waals surface area contributed by atoms with Gasteiger partial charge in [0.1, 0.15) is 11.6 Å². The maximum atomic E-state index is 12.1. The van der Waals surface area contributed by atoms with E-state index in [1.54, 1.807) is 0 Å². The van der Waals surface area contributed by atoms with E-state index in [1.165, 1.54) is 6.20 Å². The molecule has 1 saturated heterocycles. The molecule has 2 fully saturated rings. The molecule has 17 heavy (non-hydrogen) atoms. The minimum absolute atomic E-state index is 0.196. The van der Waals surface area contributed by atoms with Crippen LogP contribution in [0.4, 0.5) is 5.82 Å². The maximum Gasteiger partial charge on any atom is 0.238 e. The highest BCUT2D eigenvalue weighted by Gasteiger charge is 2.51. The van der Waals surface area contributed by atoms with Crippen LogP contribution in [0.5, 0.6) is 0 Å². The number of hydrogen-bond acceptors (Lipinski definition) is 4. The molecule has 1 aliphatic carbocycles. The Morgan fingerprint density at radius 3 is 2.59 bits per heavy atom. The monoisotopic (exact) mass is 230 g/mol. The molecule has 1 N–H and O–H groups in total. The number of imide groups is 1. The molecule has 0 spiro atoms. The van der Waals surface area contributed by atoms with E-state index in [2.05, 4.69) is 10.2 Å². The minimum atomic E-state index is -0.197. The molecule has 0 bridgehead atoms. The molecule has 2 unspecified atom stereocenters. The fourth-order valence-corrected chi connectivity index (χ4v) is 2.74. The number of aromatic nitrogens is 2. The molecule has 1 aromatic heterocycles. The van der Waals surface area contributed by atoms with Crippen molar-refractivity contribution < 1.29 is 9.59 Å². The quantitative estimate of drug-likeness (QED) is 0.714. The number of rotatable bonds is 1. The molecule has 86 valence electrons. The van der Waals surface area contributed by atoms with Crippen molar-refractivity contribution in [1.82, 2.24) is 10.2 Å². The molecule has 0 aromatic carbocycles. The van der Waals surface area contributed by atoms with Crippen molar-refractivity contribution in [1.29, 1.82) is 5.26 Å². The number of H-pyrrole nitrogens is 1. The molecule has 2 atom stereocenters. The standard InChI is InChI=1S/C11H10N4O2/c12-4-6-5-13-14-9(6)15-10(16)7-2-1-3-8(7)11(15)17/h5,7-8H,1-3H2,(H,13,14). The van der Waals surface area contributed by atoms with E-state index < -0.39 is 0 Å². The van der Waals surface area contributed by atoms with Crippen LogP contribution in [-0.2, 0) is 9.59 Å². The number of carbonyl (C=O) groups is 2. The van der Waals surface area contributed by atoms with Gasteiger partial charge in [0.15, 0.2) is 5.82 Å². The summed E-state index contributed by atoms with van der Waals surface area (Å²) in [6.45, 7) is 0. The van der Waals surface area contributed by atoms with E-state index in [9.17, 15) is 9.59 Å². The van der Waals surface area contributed by atoms with Crippen molar-refractivity contribution in [3.05, 3.63) is 11.8 Å². The Hall–Kier alpha value is -2.16. The largest absolute Gasteiger partial charge is 0.274 e. The van der Waals surface area contributed by atoms with Crippen LogP contribution < -0.4 is 4.90 Å². The summed E-state index contributed by atoms with van der Waals surface area (Å²) in [5, 5.41) is 15.2. The first-order valence-electron chi connectivity index (χ1n) is 5.55. The van der Waals surface area contributed by atoms with Gasteiger partial charge in [0.2, 0.25) is 11.8 Å². The lowest BCUT2D eigenvalue weighted by atomic mass is 10.00. The van der Waals surface area contributed by atoms with Gasteiger partial charge in [-0.05, 0) is 12.8 Å². The zero-order chi connectivity index (χ0) is 12.0. The Bertz CT molecular complexity index is 520. The average molecular weight is 230 g/mol. The molecule has 0 radical (unpaired) electrons. The second-order valence-corrected chi connectivity index (χ2v) is 4.40. The minimum Gasteiger partial charge on any atom is -0.274 e. The van der Waals surface area contributed by atoms with Gasteiger partial charge in [-0.3, -0.25) is 14.7 Å². The summed E-state index contributed by atoms with van der Waals surface area (Å²) in [5.74, 6) is -0.567. The first kappa shape index (κ1) is 10.0. The molecule has 3 rings (SSSR count). The van der Waals surface area contributed by atoms with Crippen LogP contribution in [-0.4, -0.2) is 22.0 Å². The third kappa shape index (κ3) is 1.22. The Morgan fingerprint density at radius 2 is 2.00 bits per heavy atom. The van der Waals surface area contributed by atoms with Crippen molar-refractivity contribution in [2.45, 2.75) is 19.3 Å². The Kier molecular flexibility index (Phi) is 2.01. The van der Waals surface area contributed by atoms with E-state index >= 15 is 0 Å². The smallest absolute Gasteiger partial charge is 0.238 e. The highest BCUT2D eigenvalue weighted by Crippen LogP contribution is 2.41. The molecule has 2 amide bonds. The van der Waals surface area contributed by atoms with Crippen LogP contribution in [0.25, 0.3) is 0 Å². The van der Waals surface area contributed by atoms with Gasteiger partial charge in [-0.25, -0.2) is 4.90 Å². The number of amides is 2. The fraction of sp³-hybridized carbons (Fsp3) is 0.455. The van der Waals surface area contributed by atoms with E-state index in [-0.39, 0.29) is 35.0 Å². The number of anilines is 1. The predicted octanol–water partition coefficient (Wildman–Crippen LogP) is 0.571. The summed E-state index contributed by atoms with van der Waals surface area (Å²) < 4.78 is 0. The lowest BCUT2D eigenvalue weighted by molar-refractivity contribution is -0.122. The molecule has 6 heteroatoms. The first-order valence-corrected chi connectivity index (χ1v) is 5.55. The SMILES string of the molecule is N#Cc1cn[nH]c1N1C(=O)C2CCCC2C1=O. The van der Waals surface area contributed by atoms with Crippen LogP contribution in [0.2, 0.25) is 0 Å². The van der Waals surface area contributed by atoms with Crippen LogP contribution >= 0.6 is 0 Å². The predicted molar refractivity (Wildman–Crippen MR) is 56.6 cm³/mol. The number of nitrogens with zero attached hydrogens (tertiary/aromatic N) is 3. The molecule has 2 heterocycles. The van der Waals surface area contributed by atoms with Crippen molar-refractivity contribution in [3.63, 3.8) is 0 Å². The summed E-state index contributed by atoms with van der Waals surface area (Å²) in [5.41, 5.74) is 0.228. The average Bonchev–Trinajstić information content (AvgIpc) is 3.00. The van der Waals surface area contributed by atoms with Gasteiger partial charge < -0.3 is 0 Å². The Labute approximate surface area is 97.2 Å². The molecular formula is C11H10N4O2. The second kappa shape index (κ2) is 3.42. The fourth-order valence-electron chi connectivity index (χ4n) is 2.74. The van der Waals surface area contributed by atoms with Crippen LogP contribution in [0.3, 0.4) is 0 Å². The lowest BCUT2D eigenvalue weighted by Crippen LogP contribution is -2.32. The highest BCUT2D eigenvalue weighted by atomic mass is 16.2. The molecular weight excluding hydrogens is 220 g/mol. The Morgan fingerprint density at radius 1 is 1.35 bits per heavy atom. The number of fused-ring (bicyclic) bond motifs is 1. The number of nitrogens with one attached hydrogen (secondary N) is 1. The second-order valence-electron chi connectivity index (χ2n) is 4.40. The summed E-state index contributed by atoms with van der Waals surface area (Å²) in [7, 11) is 0. The summed E-state index contributed by atoms with van der Waals surface area (Å²) in [6, 6.07) is 1.92. The van der Waals surface area contributed by atoms with Gasteiger partial charge in [0.25, 0.3) is 0 Å². The molecule has 6 nitrogen and oxygen atoms in total. The van der Waals surface area contributed by atoms with Crippen molar-refractivity contribution in [3.8, 4) is 6.07 Å². The van der Waals surface area contributed by atoms with Crippen molar-refractivity contribution >= 4 is 17.6 Å². The topological polar surface area (TPSA) is 89.8 Å². The maximum absolute atomic E-state index is 12.1. The van der Waals surface area contributed by atoms with E-state index in [0.717, 1.165) is 24.2 Å². The molecule has 1 aliphatic heterocycles. The first-order chi connectivity index (χ1) is 8.24. The Balaban J connectivity index is 2.03. The number of nitriles is 1. The van der Waals surface area contributed by atoms with Crippen LogP contribution in [0.15, 0.2) is 6.20 Å². The summed E-state index contributed by atoms with van der Waals surface area (Å²) in [4.78, 5) is 25.3. The van der Waals surface area contributed by atoms with Gasteiger partial charge in [-0.15, -0.1) is 0 Å². The molecule has 2 aliphatic rings. The zero-order valence-corrected chi connectivity index (χ0v) is 9.01. The van der Waals surface area contributed by atoms with Gasteiger partial charge in [-0.1, -0.05) is 6.42 Å².